The molecule has 1 aliphatic heterocycles. The molecule has 1 aliphatic rings. The predicted molar refractivity (Wildman–Crippen MR) is 142 cm³/mol. The summed E-state index contributed by atoms with van der Waals surface area (Å²) in [5.74, 6) is 0.409. The van der Waals surface area contributed by atoms with Gasteiger partial charge >= 0.3 is 0 Å². The number of aromatic amines is 1. The van der Waals surface area contributed by atoms with E-state index >= 15 is 0 Å². The van der Waals surface area contributed by atoms with Crippen LogP contribution in [-0.2, 0) is 11.2 Å². The number of H-pyrrole nitrogens is 1. The number of nitrogens with one attached hydrogen (secondary N) is 3. The number of carbonyl (C=O) groups excluding carboxylic acids is 1. The quantitative estimate of drug-likeness (QED) is 0.245. The molecule has 0 unspecified atom stereocenters. The zero-order valence-corrected chi connectivity index (χ0v) is 21.0. The summed E-state index contributed by atoms with van der Waals surface area (Å²) in [7, 11) is 1.69. The number of benzene rings is 2. The van der Waals surface area contributed by atoms with Gasteiger partial charge in [-0.1, -0.05) is 18.2 Å². The Morgan fingerprint density at radius 1 is 1.09 bits per heavy atom. The number of piperazine rings is 1. The Kier molecular flexibility index (Phi) is 8.93. The van der Waals surface area contributed by atoms with E-state index in [0.29, 0.717) is 25.6 Å². The van der Waals surface area contributed by atoms with Gasteiger partial charge in [0.05, 0.1) is 6.54 Å². The largest absolute Gasteiger partial charge is 0.368 e. The van der Waals surface area contributed by atoms with E-state index in [-0.39, 0.29) is 42.2 Å². The molecule has 176 valence electrons. The molecule has 33 heavy (non-hydrogen) atoms. The molecule has 7 nitrogen and oxygen atoms in total. The van der Waals surface area contributed by atoms with Gasteiger partial charge in [-0.3, -0.25) is 9.79 Å². The minimum absolute atomic E-state index is 0. The van der Waals surface area contributed by atoms with Crippen LogP contribution in [0.4, 0.5) is 10.1 Å². The fourth-order valence-electron chi connectivity index (χ4n) is 4.03. The Bertz CT molecular complexity index is 1080. The van der Waals surface area contributed by atoms with E-state index in [1.165, 1.54) is 17.8 Å². The third kappa shape index (κ3) is 6.37. The molecule has 1 aromatic heterocycles. The molecule has 0 radical (unpaired) electrons. The normalized spacial score (nSPS) is 14.2. The molecule has 0 atom stereocenters. The fourth-order valence-corrected chi connectivity index (χ4v) is 4.03. The maximum absolute atomic E-state index is 13.3. The van der Waals surface area contributed by atoms with Crippen molar-refractivity contribution in [2.24, 2.45) is 4.99 Å². The molecule has 4 rings (SSSR count). The second kappa shape index (κ2) is 11.9. The molecule has 2 heterocycles. The number of hydrogen-bond acceptors (Lipinski definition) is 3. The number of guanidine groups is 1. The standard InChI is InChI=1S/C24H29FN6O.HI/c1-26-24(27-10-9-18-16-28-22-15-19(25)7-8-21(18)22)29-17-23(32)31-13-11-30(12-14-31)20-5-3-2-4-6-20;/h2-8,15-16,28H,9-14,17H2,1H3,(H2,26,27,29);1H. The number of anilines is 1. The Morgan fingerprint density at radius 3 is 2.58 bits per heavy atom. The van der Waals surface area contributed by atoms with Crippen molar-refractivity contribution in [3.63, 3.8) is 0 Å². The minimum atomic E-state index is -0.250. The average molecular weight is 564 g/mol. The number of rotatable bonds is 6. The van der Waals surface area contributed by atoms with Gasteiger partial charge in [-0.25, -0.2) is 4.39 Å². The second-order valence-corrected chi connectivity index (χ2v) is 7.81. The molecule has 0 bridgehead atoms. The van der Waals surface area contributed by atoms with Gasteiger partial charge in [-0.05, 0) is 42.3 Å². The van der Waals surface area contributed by atoms with Gasteiger partial charge in [-0.2, -0.15) is 0 Å². The van der Waals surface area contributed by atoms with Gasteiger partial charge in [0.25, 0.3) is 0 Å². The van der Waals surface area contributed by atoms with E-state index in [0.717, 1.165) is 36.0 Å². The summed E-state index contributed by atoms with van der Waals surface area (Å²) < 4.78 is 13.3. The highest BCUT2D eigenvalue weighted by Gasteiger charge is 2.21. The third-order valence-corrected chi connectivity index (χ3v) is 5.80. The molecule has 9 heteroatoms. The summed E-state index contributed by atoms with van der Waals surface area (Å²) >= 11 is 0. The van der Waals surface area contributed by atoms with Crippen LogP contribution in [-0.4, -0.2) is 68.1 Å². The molecule has 2 aromatic carbocycles. The van der Waals surface area contributed by atoms with Crippen LogP contribution in [0, 0.1) is 5.82 Å². The maximum atomic E-state index is 13.3. The first-order valence-electron chi connectivity index (χ1n) is 10.9. The van der Waals surface area contributed by atoms with E-state index in [9.17, 15) is 9.18 Å². The lowest BCUT2D eigenvalue weighted by atomic mass is 10.1. The van der Waals surface area contributed by atoms with Crippen molar-refractivity contribution in [2.45, 2.75) is 6.42 Å². The fraction of sp³-hybridized carbons (Fsp3) is 0.333. The summed E-state index contributed by atoms with van der Waals surface area (Å²) in [6.07, 6.45) is 2.66. The summed E-state index contributed by atoms with van der Waals surface area (Å²) in [5.41, 5.74) is 3.10. The Morgan fingerprint density at radius 2 is 1.85 bits per heavy atom. The van der Waals surface area contributed by atoms with Gasteiger partial charge in [0.1, 0.15) is 5.82 Å². The number of aromatic nitrogens is 1. The van der Waals surface area contributed by atoms with Crippen LogP contribution in [0.25, 0.3) is 10.9 Å². The lowest BCUT2D eigenvalue weighted by Crippen LogP contribution is -2.52. The Hall–Kier alpha value is -2.82. The number of carbonyl (C=O) groups is 1. The summed E-state index contributed by atoms with van der Waals surface area (Å²) in [6, 6.07) is 15.0. The zero-order valence-electron chi connectivity index (χ0n) is 18.7. The van der Waals surface area contributed by atoms with Crippen LogP contribution in [0.1, 0.15) is 5.56 Å². The van der Waals surface area contributed by atoms with E-state index in [4.69, 9.17) is 0 Å². The topological polar surface area (TPSA) is 75.8 Å². The lowest BCUT2D eigenvalue weighted by Gasteiger charge is -2.36. The lowest BCUT2D eigenvalue weighted by molar-refractivity contribution is -0.130. The van der Waals surface area contributed by atoms with Crippen molar-refractivity contribution in [3.05, 3.63) is 66.1 Å². The first-order valence-corrected chi connectivity index (χ1v) is 10.9. The highest BCUT2D eigenvalue weighted by Crippen LogP contribution is 2.19. The first-order chi connectivity index (χ1) is 15.6. The molecular formula is C24H30FIN6O. The summed E-state index contributed by atoms with van der Waals surface area (Å²) in [4.78, 5) is 24.1. The monoisotopic (exact) mass is 564 g/mol. The molecule has 3 aromatic rings. The Balaban J connectivity index is 0.00000306. The van der Waals surface area contributed by atoms with Crippen LogP contribution >= 0.6 is 24.0 Å². The zero-order chi connectivity index (χ0) is 22.3. The van der Waals surface area contributed by atoms with Crippen molar-refractivity contribution in [1.29, 1.82) is 0 Å². The van der Waals surface area contributed by atoms with Crippen LogP contribution < -0.4 is 15.5 Å². The molecule has 1 amide bonds. The van der Waals surface area contributed by atoms with E-state index in [2.05, 4.69) is 37.6 Å². The highest BCUT2D eigenvalue weighted by atomic mass is 127. The van der Waals surface area contributed by atoms with Gasteiger partial charge in [0.2, 0.25) is 5.91 Å². The van der Waals surface area contributed by atoms with E-state index in [1.807, 2.05) is 29.3 Å². The third-order valence-electron chi connectivity index (χ3n) is 5.80. The van der Waals surface area contributed by atoms with Crippen LogP contribution in [0.15, 0.2) is 59.7 Å². The number of nitrogens with zero attached hydrogens (tertiary/aromatic N) is 3. The predicted octanol–water partition coefficient (Wildman–Crippen LogP) is 2.98. The van der Waals surface area contributed by atoms with Crippen molar-refractivity contribution in [1.82, 2.24) is 20.5 Å². The van der Waals surface area contributed by atoms with Crippen molar-refractivity contribution < 1.29 is 9.18 Å². The van der Waals surface area contributed by atoms with Gasteiger partial charge in [-0.15, -0.1) is 24.0 Å². The van der Waals surface area contributed by atoms with Crippen molar-refractivity contribution in [2.75, 3.05) is 51.2 Å². The number of halogens is 2. The maximum Gasteiger partial charge on any atom is 0.242 e. The second-order valence-electron chi connectivity index (χ2n) is 7.81. The van der Waals surface area contributed by atoms with Gasteiger partial charge in [0.15, 0.2) is 5.96 Å². The van der Waals surface area contributed by atoms with E-state index in [1.54, 1.807) is 13.1 Å². The average Bonchev–Trinajstić information content (AvgIpc) is 3.23. The van der Waals surface area contributed by atoms with E-state index < -0.39 is 0 Å². The van der Waals surface area contributed by atoms with Crippen LogP contribution in [0.2, 0.25) is 0 Å². The molecule has 3 N–H and O–H groups in total. The molecule has 0 aliphatic carbocycles. The summed E-state index contributed by atoms with van der Waals surface area (Å²) in [5, 5.41) is 7.37. The molecule has 0 saturated carbocycles. The number of aliphatic imine (C=N–C) groups is 1. The van der Waals surface area contributed by atoms with Gasteiger partial charge < -0.3 is 25.4 Å². The molecule has 1 fully saturated rings. The van der Waals surface area contributed by atoms with Crippen LogP contribution in [0.5, 0.6) is 0 Å². The number of hydrogen-bond donors (Lipinski definition) is 3. The molecule has 1 saturated heterocycles. The minimum Gasteiger partial charge on any atom is -0.368 e. The molecular weight excluding hydrogens is 534 g/mol. The van der Waals surface area contributed by atoms with Crippen LogP contribution in [0.3, 0.4) is 0 Å². The first kappa shape index (κ1) is 24.8. The smallest absolute Gasteiger partial charge is 0.242 e. The highest BCUT2D eigenvalue weighted by molar-refractivity contribution is 14.0. The van der Waals surface area contributed by atoms with Gasteiger partial charge in [0, 0.05) is 62.6 Å². The number of amides is 1. The number of fused-ring (bicyclic) bond motifs is 1. The molecule has 0 spiro atoms. The van der Waals surface area contributed by atoms with Crippen molar-refractivity contribution >= 4 is 52.4 Å². The number of para-hydroxylation sites is 1. The SMILES string of the molecule is CN=C(NCCc1c[nH]c2cc(F)ccc12)NCC(=O)N1CCN(c2ccccc2)CC1.I. The Labute approximate surface area is 210 Å². The summed E-state index contributed by atoms with van der Waals surface area (Å²) in [6.45, 7) is 3.94. The van der Waals surface area contributed by atoms with Crippen molar-refractivity contribution in [3.8, 4) is 0 Å².